The summed E-state index contributed by atoms with van der Waals surface area (Å²) in [7, 11) is 0. The van der Waals surface area contributed by atoms with Gasteiger partial charge in [-0.1, -0.05) is 12.1 Å². The minimum atomic E-state index is -0.0875. The van der Waals surface area contributed by atoms with Gasteiger partial charge in [0.1, 0.15) is 0 Å². The highest BCUT2D eigenvalue weighted by atomic mass is 15.3. The first kappa shape index (κ1) is 9.03. The van der Waals surface area contributed by atoms with E-state index in [-0.39, 0.29) is 6.17 Å². The summed E-state index contributed by atoms with van der Waals surface area (Å²) in [4.78, 5) is 8.50. The molecule has 1 aliphatic heterocycles. The molecular weight excluding hydrogens is 200 g/mol. The van der Waals surface area contributed by atoms with E-state index in [9.17, 15) is 0 Å². The van der Waals surface area contributed by atoms with Crippen LogP contribution in [0.2, 0.25) is 0 Å². The average Bonchev–Trinajstić information content (AvgIpc) is 3.03. The highest BCUT2D eigenvalue weighted by molar-refractivity contribution is 6.17. The van der Waals surface area contributed by atoms with Crippen molar-refractivity contribution in [1.29, 1.82) is 0 Å². The lowest BCUT2D eigenvalue weighted by Crippen LogP contribution is -1.96. The van der Waals surface area contributed by atoms with Crippen molar-refractivity contribution >= 4 is 12.4 Å². The number of hydrogen-bond acceptors (Lipinski definition) is 3. The van der Waals surface area contributed by atoms with Gasteiger partial charge in [0.2, 0.25) is 0 Å². The molecule has 1 aliphatic rings. The number of rotatable bonds is 2. The van der Waals surface area contributed by atoms with Gasteiger partial charge in [0.15, 0.2) is 6.17 Å². The third-order valence-electron chi connectivity index (χ3n) is 2.46. The minimum Gasteiger partial charge on any atom is -0.260 e. The summed E-state index contributed by atoms with van der Waals surface area (Å²) in [6, 6.07) is 9.99. The van der Waals surface area contributed by atoms with Crippen molar-refractivity contribution in [2.75, 3.05) is 0 Å². The molecule has 0 amide bonds. The summed E-state index contributed by atoms with van der Waals surface area (Å²) in [5, 5.41) is 4.19. The fourth-order valence-electron chi connectivity index (χ4n) is 1.70. The van der Waals surface area contributed by atoms with Gasteiger partial charge in [0.25, 0.3) is 0 Å². The number of nitrogens with zero attached hydrogens (tertiary/aromatic N) is 4. The average molecular weight is 210 g/mol. The zero-order chi connectivity index (χ0) is 10.8. The second kappa shape index (κ2) is 3.73. The van der Waals surface area contributed by atoms with Gasteiger partial charge in [-0.05, 0) is 18.2 Å². The predicted molar refractivity (Wildman–Crippen MR) is 63.3 cm³/mol. The van der Waals surface area contributed by atoms with Gasteiger partial charge >= 0.3 is 0 Å². The van der Waals surface area contributed by atoms with E-state index in [0.29, 0.717) is 0 Å². The van der Waals surface area contributed by atoms with Crippen molar-refractivity contribution in [2.45, 2.75) is 6.17 Å². The van der Waals surface area contributed by atoms with Crippen LogP contribution in [0.3, 0.4) is 0 Å². The van der Waals surface area contributed by atoms with Gasteiger partial charge in [0.05, 0.1) is 5.69 Å². The summed E-state index contributed by atoms with van der Waals surface area (Å²) in [6.45, 7) is 0. The molecule has 1 aromatic heterocycles. The van der Waals surface area contributed by atoms with E-state index in [2.05, 4.69) is 21.1 Å². The van der Waals surface area contributed by atoms with E-state index in [4.69, 9.17) is 0 Å². The lowest BCUT2D eigenvalue weighted by molar-refractivity contribution is 0.795. The fraction of sp³-hybridized carbons (Fsp3) is 0.0833. The van der Waals surface area contributed by atoms with Crippen LogP contribution in [0.25, 0.3) is 5.69 Å². The maximum atomic E-state index is 4.25. The molecule has 4 heteroatoms. The molecule has 0 saturated carbocycles. The summed E-state index contributed by atoms with van der Waals surface area (Å²) in [5.74, 6) is 0. The van der Waals surface area contributed by atoms with E-state index in [1.165, 1.54) is 0 Å². The van der Waals surface area contributed by atoms with Gasteiger partial charge in [-0.2, -0.15) is 5.10 Å². The maximum absolute atomic E-state index is 4.25. The number of benzene rings is 1. The second-order valence-electron chi connectivity index (χ2n) is 3.52. The largest absolute Gasteiger partial charge is 0.260 e. The molecule has 0 atom stereocenters. The topological polar surface area (TPSA) is 42.5 Å². The smallest absolute Gasteiger partial charge is 0.165 e. The molecule has 0 bridgehead atoms. The Balaban J connectivity index is 2.00. The lowest BCUT2D eigenvalue weighted by Gasteiger charge is -2.07. The summed E-state index contributed by atoms with van der Waals surface area (Å²) >= 11 is 0. The van der Waals surface area contributed by atoms with Crippen LogP contribution in [-0.2, 0) is 0 Å². The highest BCUT2D eigenvalue weighted by Crippen LogP contribution is 2.22. The van der Waals surface area contributed by atoms with Crippen molar-refractivity contribution < 1.29 is 0 Å². The Bertz CT molecular complexity index is 528. The van der Waals surface area contributed by atoms with E-state index >= 15 is 0 Å². The maximum Gasteiger partial charge on any atom is 0.165 e. The Morgan fingerprint density at radius 2 is 1.94 bits per heavy atom. The van der Waals surface area contributed by atoms with Crippen LogP contribution < -0.4 is 0 Å². The van der Waals surface area contributed by atoms with E-state index in [1.807, 2.05) is 35.1 Å². The molecule has 2 aromatic rings. The third-order valence-corrected chi connectivity index (χ3v) is 2.46. The SMILES string of the molecule is C1=NC(c2cccc(-n3cccn3)c2)N=C1. The van der Waals surface area contributed by atoms with Gasteiger partial charge in [0, 0.05) is 30.4 Å². The lowest BCUT2D eigenvalue weighted by atomic mass is 10.1. The van der Waals surface area contributed by atoms with Crippen molar-refractivity contribution in [3.63, 3.8) is 0 Å². The Hall–Kier alpha value is -2.23. The summed E-state index contributed by atoms with van der Waals surface area (Å²) < 4.78 is 1.83. The van der Waals surface area contributed by atoms with Crippen LogP contribution in [0.1, 0.15) is 11.7 Å². The Labute approximate surface area is 93.0 Å². The van der Waals surface area contributed by atoms with Crippen LogP contribution in [0, 0.1) is 0 Å². The highest BCUT2D eigenvalue weighted by Gasteiger charge is 2.09. The quantitative estimate of drug-likeness (QED) is 0.747. The molecule has 0 aliphatic carbocycles. The number of aromatic nitrogens is 2. The van der Waals surface area contributed by atoms with Crippen LogP contribution in [0.5, 0.6) is 0 Å². The molecule has 0 saturated heterocycles. The van der Waals surface area contributed by atoms with E-state index in [0.717, 1.165) is 11.3 Å². The molecule has 2 heterocycles. The van der Waals surface area contributed by atoms with Crippen molar-refractivity contribution in [2.24, 2.45) is 9.98 Å². The first-order valence-electron chi connectivity index (χ1n) is 5.08. The first-order valence-corrected chi connectivity index (χ1v) is 5.08. The number of aliphatic imine (C=N–C) groups is 2. The van der Waals surface area contributed by atoms with Crippen molar-refractivity contribution in [1.82, 2.24) is 9.78 Å². The normalized spacial score (nSPS) is 14.8. The van der Waals surface area contributed by atoms with Crippen LogP contribution in [-0.4, -0.2) is 22.2 Å². The monoisotopic (exact) mass is 210 g/mol. The van der Waals surface area contributed by atoms with Gasteiger partial charge in [-0.25, -0.2) is 4.68 Å². The predicted octanol–water partition coefficient (Wildman–Crippen LogP) is 2.03. The fourth-order valence-corrected chi connectivity index (χ4v) is 1.70. The van der Waals surface area contributed by atoms with Gasteiger partial charge in [-0.3, -0.25) is 9.98 Å². The molecule has 78 valence electrons. The summed E-state index contributed by atoms with van der Waals surface area (Å²) in [6.07, 6.45) is 7.05. The van der Waals surface area contributed by atoms with Crippen LogP contribution in [0.4, 0.5) is 0 Å². The molecule has 0 fully saturated rings. The summed E-state index contributed by atoms with van der Waals surface area (Å²) in [5.41, 5.74) is 2.11. The molecule has 1 aromatic carbocycles. The second-order valence-corrected chi connectivity index (χ2v) is 3.52. The Morgan fingerprint density at radius 1 is 1.06 bits per heavy atom. The van der Waals surface area contributed by atoms with E-state index < -0.39 is 0 Å². The molecule has 0 N–H and O–H groups in total. The van der Waals surface area contributed by atoms with Crippen molar-refractivity contribution in [3.05, 3.63) is 48.3 Å². The molecule has 3 rings (SSSR count). The molecule has 16 heavy (non-hydrogen) atoms. The number of hydrogen-bond donors (Lipinski definition) is 0. The Morgan fingerprint density at radius 3 is 2.69 bits per heavy atom. The minimum absolute atomic E-state index is 0.0875. The molecule has 0 unspecified atom stereocenters. The first-order chi connectivity index (χ1) is 7.93. The molecule has 4 nitrogen and oxygen atoms in total. The Kier molecular flexibility index (Phi) is 2.11. The standard InChI is InChI=1S/C12H10N4/c1-3-10(12-13-6-7-14-12)9-11(4-1)16-8-2-5-15-16/h1-9,12H. The van der Waals surface area contributed by atoms with Gasteiger partial charge in [-0.15, -0.1) is 0 Å². The van der Waals surface area contributed by atoms with Crippen LogP contribution in [0.15, 0.2) is 52.7 Å². The molecular formula is C12H10N4. The zero-order valence-electron chi connectivity index (χ0n) is 8.56. The van der Waals surface area contributed by atoms with Crippen molar-refractivity contribution in [3.8, 4) is 5.69 Å². The van der Waals surface area contributed by atoms with Crippen LogP contribution >= 0.6 is 0 Å². The zero-order valence-corrected chi connectivity index (χ0v) is 8.56. The molecule has 0 spiro atoms. The van der Waals surface area contributed by atoms with E-state index in [1.54, 1.807) is 18.6 Å². The molecule has 0 radical (unpaired) electrons. The van der Waals surface area contributed by atoms with Gasteiger partial charge < -0.3 is 0 Å². The third kappa shape index (κ3) is 1.54.